The standard InChI is InChI=1S/C12H17NO5S/c1-4-19(16,17)9-5-6-11(14)10(7-9)13-12(15)8(2)18-3/h5-8,14H,4H2,1-3H3,(H,13,15)/t8-/m1/s1. The van der Waals surface area contributed by atoms with Gasteiger partial charge in [-0.3, -0.25) is 4.79 Å². The maximum absolute atomic E-state index is 11.7. The van der Waals surface area contributed by atoms with Crippen molar-refractivity contribution >= 4 is 21.4 Å². The Balaban J connectivity index is 3.09. The second-order valence-electron chi connectivity index (χ2n) is 3.95. The van der Waals surface area contributed by atoms with Crippen LogP contribution in [0.2, 0.25) is 0 Å². The molecule has 7 heteroatoms. The third-order valence-electron chi connectivity index (χ3n) is 2.69. The lowest BCUT2D eigenvalue weighted by Crippen LogP contribution is -2.26. The van der Waals surface area contributed by atoms with Crippen LogP contribution in [-0.4, -0.2) is 38.4 Å². The lowest BCUT2D eigenvalue weighted by molar-refractivity contribution is -0.124. The maximum Gasteiger partial charge on any atom is 0.253 e. The average molecular weight is 287 g/mol. The topological polar surface area (TPSA) is 92.7 Å². The number of phenolic OH excluding ortho intramolecular Hbond substituents is 1. The van der Waals surface area contributed by atoms with Crippen LogP contribution in [0, 0.1) is 0 Å². The first-order valence-electron chi connectivity index (χ1n) is 5.71. The van der Waals surface area contributed by atoms with E-state index < -0.39 is 21.8 Å². The van der Waals surface area contributed by atoms with E-state index in [2.05, 4.69) is 5.32 Å². The first-order chi connectivity index (χ1) is 8.81. The second-order valence-corrected chi connectivity index (χ2v) is 6.23. The average Bonchev–Trinajstić information content (AvgIpc) is 2.39. The fraction of sp³-hybridized carbons (Fsp3) is 0.417. The molecule has 0 unspecified atom stereocenters. The van der Waals surface area contributed by atoms with E-state index in [1.807, 2.05) is 0 Å². The molecule has 0 saturated heterocycles. The fourth-order valence-corrected chi connectivity index (χ4v) is 2.22. The number of rotatable bonds is 5. The summed E-state index contributed by atoms with van der Waals surface area (Å²) in [7, 11) is -2.02. The summed E-state index contributed by atoms with van der Waals surface area (Å²) in [5.41, 5.74) is 0.0448. The van der Waals surface area contributed by atoms with Crippen LogP contribution in [0.4, 0.5) is 5.69 Å². The van der Waals surface area contributed by atoms with Gasteiger partial charge in [-0.25, -0.2) is 8.42 Å². The number of aromatic hydroxyl groups is 1. The van der Waals surface area contributed by atoms with Crippen molar-refractivity contribution in [1.29, 1.82) is 0 Å². The molecule has 19 heavy (non-hydrogen) atoms. The predicted molar refractivity (Wildman–Crippen MR) is 70.9 cm³/mol. The Bertz CT molecular complexity index is 567. The van der Waals surface area contributed by atoms with Crippen LogP contribution in [0.25, 0.3) is 0 Å². The molecule has 0 aromatic heterocycles. The third kappa shape index (κ3) is 3.68. The molecule has 1 amide bonds. The van der Waals surface area contributed by atoms with Crippen LogP contribution < -0.4 is 5.32 Å². The minimum Gasteiger partial charge on any atom is -0.506 e. The molecule has 0 radical (unpaired) electrons. The van der Waals surface area contributed by atoms with Crippen LogP contribution in [0.5, 0.6) is 5.75 Å². The molecule has 0 spiro atoms. The van der Waals surface area contributed by atoms with Crippen molar-refractivity contribution in [2.45, 2.75) is 24.8 Å². The normalized spacial score (nSPS) is 13.0. The van der Waals surface area contributed by atoms with Gasteiger partial charge >= 0.3 is 0 Å². The van der Waals surface area contributed by atoms with Crippen LogP contribution in [0.1, 0.15) is 13.8 Å². The molecule has 0 aliphatic heterocycles. The number of carbonyl (C=O) groups is 1. The smallest absolute Gasteiger partial charge is 0.253 e. The van der Waals surface area contributed by atoms with Crippen LogP contribution in [0.3, 0.4) is 0 Å². The lowest BCUT2D eigenvalue weighted by Gasteiger charge is -2.12. The first-order valence-corrected chi connectivity index (χ1v) is 7.36. The Labute approximate surface area is 112 Å². The molecule has 1 atom stereocenters. The number of hydrogen-bond acceptors (Lipinski definition) is 5. The SMILES string of the molecule is CCS(=O)(=O)c1ccc(O)c(NC(=O)[C@@H](C)OC)c1. The molecule has 0 aliphatic rings. The summed E-state index contributed by atoms with van der Waals surface area (Å²) in [6, 6.07) is 3.76. The number of hydrogen-bond donors (Lipinski definition) is 2. The molecular weight excluding hydrogens is 270 g/mol. The second kappa shape index (κ2) is 6.03. The zero-order valence-electron chi connectivity index (χ0n) is 11.0. The minimum atomic E-state index is -3.39. The highest BCUT2D eigenvalue weighted by Crippen LogP contribution is 2.27. The van der Waals surface area contributed by atoms with Gasteiger partial charge in [-0.05, 0) is 25.1 Å². The van der Waals surface area contributed by atoms with E-state index in [0.717, 1.165) is 0 Å². The Morgan fingerprint density at radius 2 is 2.11 bits per heavy atom. The molecular formula is C12H17NO5S. The fourth-order valence-electron chi connectivity index (χ4n) is 1.32. The number of methoxy groups -OCH3 is 1. The van der Waals surface area contributed by atoms with Gasteiger partial charge in [-0.15, -0.1) is 0 Å². The Morgan fingerprint density at radius 1 is 1.47 bits per heavy atom. The largest absolute Gasteiger partial charge is 0.506 e. The third-order valence-corrected chi connectivity index (χ3v) is 4.42. The first kappa shape index (κ1) is 15.5. The molecule has 0 saturated carbocycles. The van der Waals surface area contributed by atoms with E-state index in [0.29, 0.717) is 0 Å². The van der Waals surface area contributed by atoms with Gasteiger partial charge in [-0.2, -0.15) is 0 Å². The van der Waals surface area contributed by atoms with E-state index in [1.165, 1.54) is 32.2 Å². The maximum atomic E-state index is 11.7. The summed E-state index contributed by atoms with van der Waals surface area (Å²) in [6.07, 6.45) is -0.703. The zero-order valence-corrected chi connectivity index (χ0v) is 11.8. The van der Waals surface area contributed by atoms with Crippen molar-refractivity contribution in [1.82, 2.24) is 0 Å². The van der Waals surface area contributed by atoms with E-state index in [-0.39, 0.29) is 22.1 Å². The zero-order chi connectivity index (χ0) is 14.6. The summed E-state index contributed by atoms with van der Waals surface area (Å²) in [4.78, 5) is 11.7. The molecule has 0 bridgehead atoms. The number of phenols is 1. The summed E-state index contributed by atoms with van der Waals surface area (Å²) in [6.45, 7) is 3.06. The minimum absolute atomic E-state index is 0.0448. The van der Waals surface area contributed by atoms with E-state index >= 15 is 0 Å². The van der Waals surface area contributed by atoms with Crippen molar-refractivity contribution in [3.63, 3.8) is 0 Å². The van der Waals surface area contributed by atoms with Crippen molar-refractivity contribution < 1.29 is 23.1 Å². The number of nitrogens with one attached hydrogen (secondary N) is 1. The van der Waals surface area contributed by atoms with Gasteiger partial charge < -0.3 is 15.2 Å². The summed E-state index contributed by atoms with van der Waals surface area (Å²) in [5, 5.41) is 12.0. The van der Waals surface area contributed by atoms with E-state index in [4.69, 9.17) is 4.74 Å². The van der Waals surface area contributed by atoms with Gasteiger partial charge in [0.05, 0.1) is 16.3 Å². The van der Waals surface area contributed by atoms with Crippen molar-refractivity contribution in [3.8, 4) is 5.75 Å². The van der Waals surface area contributed by atoms with Crippen molar-refractivity contribution in [2.75, 3.05) is 18.2 Å². The highest BCUT2D eigenvalue weighted by molar-refractivity contribution is 7.91. The Morgan fingerprint density at radius 3 is 2.63 bits per heavy atom. The number of anilines is 1. The monoisotopic (exact) mass is 287 g/mol. The summed E-state index contributed by atoms with van der Waals surface area (Å²) >= 11 is 0. The highest BCUT2D eigenvalue weighted by Gasteiger charge is 2.17. The van der Waals surface area contributed by atoms with Crippen LogP contribution >= 0.6 is 0 Å². The molecule has 6 nitrogen and oxygen atoms in total. The van der Waals surface area contributed by atoms with Crippen LogP contribution in [0.15, 0.2) is 23.1 Å². The summed E-state index contributed by atoms with van der Waals surface area (Å²) in [5.74, 6) is -0.727. The molecule has 2 N–H and O–H groups in total. The number of ether oxygens (including phenoxy) is 1. The van der Waals surface area contributed by atoms with Crippen molar-refractivity contribution in [2.24, 2.45) is 0 Å². The van der Waals surface area contributed by atoms with Gasteiger partial charge in [-0.1, -0.05) is 6.92 Å². The molecule has 1 rings (SSSR count). The van der Waals surface area contributed by atoms with Crippen molar-refractivity contribution in [3.05, 3.63) is 18.2 Å². The highest BCUT2D eigenvalue weighted by atomic mass is 32.2. The molecule has 0 heterocycles. The number of benzene rings is 1. The van der Waals surface area contributed by atoms with Gasteiger partial charge in [0, 0.05) is 7.11 Å². The molecule has 1 aromatic carbocycles. The van der Waals surface area contributed by atoms with Gasteiger partial charge in [0.2, 0.25) is 0 Å². The Kier molecular flexibility index (Phi) is 4.90. The number of carbonyl (C=O) groups excluding carboxylic acids is 1. The number of amides is 1. The molecule has 1 aromatic rings. The quantitative estimate of drug-likeness (QED) is 0.793. The van der Waals surface area contributed by atoms with Gasteiger partial charge in [0.15, 0.2) is 9.84 Å². The van der Waals surface area contributed by atoms with E-state index in [1.54, 1.807) is 6.92 Å². The molecule has 0 fully saturated rings. The predicted octanol–water partition coefficient (Wildman–Crippen LogP) is 1.16. The lowest BCUT2D eigenvalue weighted by atomic mass is 10.2. The van der Waals surface area contributed by atoms with Crippen LogP contribution in [-0.2, 0) is 19.4 Å². The van der Waals surface area contributed by atoms with Gasteiger partial charge in [0.1, 0.15) is 11.9 Å². The Hall–Kier alpha value is -1.60. The summed E-state index contributed by atoms with van der Waals surface area (Å²) < 4.78 is 28.3. The molecule has 106 valence electrons. The van der Waals surface area contributed by atoms with E-state index in [9.17, 15) is 18.3 Å². The number of sulfone groups is 1. The molecule has 0 aliphatic carbocycles. The van der Waals surface area contributed by atoms with Gasteiger partial charge in [0.25, 0.3) is 5.91 Å².